The lowest BCUT2D eigenvalue weighted by atomic mass is 10.0. The fourth-order valence-corrected chi connectivity index (χ4v) is 3.70. The highest BCUT2D eigenvalue weighted by atomic mass is 32.1. The number of benzene rings is 1. The van der Waals surface area contributed by atoms with Crippen LogP contribution in [0.3, 0.4) is 0 Å². The molecule has 1 aromatic carbocycles. The quantitative estimate of drug-likeness (QED) is 0.822. The van der Waals surface area contributed by atoms with Gasteiger partial charge in [-0.15, -0.1) is 11.3 Å². The smallest absolute Gasteiger partial charge is 0.355 e. The van der Waals surface area contributed by atoms with Crippen LogP contribution in [0.4, 0.5) is 14.5 Å². The third kappa shape index (κ3) is 4.52. The number of halogens is 2. The van der Waals surface area contributed by atoms with E-state index in [4.69, 9.17) is 5.11 Å². The molecule has 3 rings (SSSR count). The third-order valence-electron chi connectivity index (χ3n) is 4.31. The molecule has 134 valence electrons. The molecule has 0 unspecified atom stereocenters. The maximum atomic E-state index is 13.3. The zero-order valence-corrected chi connectivity index (χ0v) is 14.4. The van der Waals surface area contributed by atoms with Crippen molar-refractivity contribution in [2.45, 2.75) is 25.3 Å². The van der Waals surface area contributed by atoms with Gasteiger partial charge in [0.05, 0.1) is 5.01 Å². The van der Waals surface area contributed by atoms with Gasteiger partial charge in [0.25, 0.3) is 0 Å². The third-order valence-corrected chi connectivity index (χ3v) is 5.21. The largest absolute Gasteiger partial charge is 0.476 e. The number of carboxylic acid groups (broad SMARTS) is 1. The minimum absolute atomic E-state index is 0.0971. The summed E-state index contributed by atoms with van der Waals surface area (Å²) in [6.07, 6.45) is 2.52. The van der Waals surface area contributed by atoms with Crippen molar-refractivity contribution in [3.05, 3.63) is 45.9 Å². The number of aromatic nitrogens is 1. The van der Waals surface area contributed by atoms with Gasteiger partial charge in [-0.3, -0.25) is 0 Å². The van der Waals surface area contributed by atoms with E-state index in [1.54, 1.807) is 11.4 Å². The van der Waals surface area contributed by atoms with Crippen LogP contribution in [0, 0.1) is 11.6 Å². The lowest BCUT2D eigenvalue weighted by molar-refractivity contribution is 0.0691. The summed E-state index contributed by atoms with van der Waals surface area (Å²) in [4.78, 5) is 16.9. The maximum Gasteiger partial charge on any atom is 0.355 e. The van der Waals surface area contributed by atoms with Crippen molar-refractivity contribution in [2.75, 3.05) is 24.5 Å². The van der Waals surface area contributed by atoms with Gasteiger partial charge < -0.3 is 15.3 Å². The Labute approximate surface area is 148 Å². The van der Waals surface area contributed by atoms with Crippen molar-refractivity contribution < 1.29 is 18.7 Å². The number of nitrogens with zero attached hydrogens (tertiary/aromatic N) is 2. The van der Waals surface area contributed by atoms with Crippen LogP contribution in [0.5, 0.6) is 0 Å². The lowest BCUT2D eigenvalue weighted by Gasteiger charge is -2.34. The summed E-state index contributed by atoms with van der Waals surface area (Å²) < 4.78 is 26.3. The number of aromatic carboxylic acids is 1. The standard InChI is InChI=1S/C17H19F2N3O2S/c18-13-2-1-12(9-14(13)19)22-7-4-11(5-8-22)20-6-3-16-21-15(10-25-16)17(23)24/h1-2,9-11,20H,3-8H2,(H,23,24). The molecule has 0 radical (unpaired) electrons. The van der Waals surface area contributed by atoms with E-state index in [0.717, 1.165) is 43.5 Å². The number of carboxylic acids is 1. The number of piperidine rings is 1. The van der Waals surface area contributed by atoms with Gasteiger partial charge in [0.2, 0.25) is 0 Å². The summed E-state index contributed by atoms with van der Waals surface area (Å²) in [6, 6.07) is 4.37. The Bertz CT molecular complexity index is 745. The van der Waals surface area contributed by atoms with E-state index in [2.05, 4.69) is 15.2 Å². The number of carbonyl (C=O) groups is 1. The summed E-state index contributed by atoms with van der Waals surface area (Å²) in [5, 5.41) is 14.7. The van der Waals surface area contributed by atoms with E-state index < -0.39 is 17.6 Å². The normalized spacial score (nSPS) is 15.5. The van der Waals surface area contributed by atoms with Gasteiger partial charge in [-0.2, -0.15) is 0 Å². The Morgan fingerprint density at radius 1 is 1.32 bits per heavy atom. The van der Waals surface area contributed by atoms with E-state index >= 15 is 0 Å². The van der Waals surface area contributed by atoms with Crippen LogP contribution in [-0.4, -0.2) is 41.7 Å². The average molecular weight is 367 g/mol. The Hall–Kier alpha value is -2.06. The molecule has 2 heterocycles. The Morgan fingerprint density at radius 2 is 2.08 bits per heavy atom. The summed E-state index contributed by atoms with van der Waals surface area (Å²) in [6.45, 7) is 2.30. The van der Waals surface area contributed by atoms with Crippen molar-refractivity contribution in [2.24, 2.45) is 0 Å². The minimum Gasteiger partial charge on any atom is -0.476 e. The van der Waals surface area contributed by atoms with Gasteiger partial charge in [0, 0.05) is 49.2 Å². The van der Waals surface area contributed by atoms with E-state index in [1.165, 1.54) is 17.4 Å². The molecule has 25 heavy (non-hydrogen) atoms. The first-order valence-corrected chi connectivity index (χ1v) is 9.02. The molecular formula is C17H19F2N3O2S. The molecule has 2 aromatic rings. The first kappa shape index (κ1) is 17.8. The van der Waals surface area contributed by atoms with Gasteiger partial charge in [-0.25, -0.2) is 18.6 Å². The first-order chi connectivity index (χ1) is 12.0. The number of hydrogen-bond donors (Lipinski definition) is 2. The Balaban J connectivity index is 1.43. The predicted molar refractivity (Wildman–Crippen MR) is 92.4 cm³/mol. The van der Waals surface area contributed by atoms with Gasteiger partial charge in [0.15, 0.2) is 17.3 Å². The number of nitrogens with one attached hydrogen (secondary N) is 1. The fraction of sp³-hybridized carbons (Fsp3) is 0.412. The van der Waals surface area contributed by atoms with Crippen LogP contribution in [0.15, 0.2) is 23.6 Å². The molecule has 1 aromatic heterocycles. The number of hydrogen-bond acceptors (Lipinski definition) is 5. The second-order valence-electron chi connectivity index (χ2n) is 6.00. The molecule has 1 aliphatic rings. The van der Waals surface area contributed by atoms with Crippen LogP contribution >= 0.6 is 11.3 Å². The molecule has 0 saturated carbocycles. The summed E-state index contributed by atoms with van der Waals surface area (Å²) in [7, 11) is 0. The number of thiazole rings is 1. The second-order valence-corrected chi connectivity index (χ2v) is 6.94. The maximum absolute atomic E-state index is 13.3. The molecule has 0 atom stereocenters. The van der Waals surface area contributed by atoms with Crippen molar-refractivity contribution in [3.8, 4) is 0 Å². The average Bonchev–Trinajstić information content (AvgIpc) is 3.07. The molecular weight excluding hydrogens is 348 g/mol. The van der Waals surface area contributed by atoms with Crippen LogP contribution < -0.4 is 10.2 Å². The van der Waals surface area contributed by atoms with E-state index in [0.29, 0.717) is 18.2 Å². The lowest BCUT2D eigenvalue weighted by Crippen LogP contribution is -2.43. The molecule has 0 amide bonds. The van der Waals surface area contributed by atoms with Crippen LogP contribution in [0.2, 0.25) is 0 Å². The number of rotatable bonds is 6. The second kappa shape index (κ2) is 7.88. The van der Waals surface area contributed by atoms with Gasteiger partial charge in [-0.1, -0.05) is 0 Å². The first-order valence-electron chi connectivity index (χ1n) is 8.14. The molecule has 2 N–H and O–H groups in total. The summed E-state index contributed by atoms with van der Waals surface area (Å²) >= 11 is 1.36. The number of anilines is 1. The van der Waals surface area contributed by atoms with Crippen molar-refractivity contribution >= 4 is 23.0 Å². The van der Waals surface area contributed by atoms with E-state index in [1.807, 2.05) is 0 Å². The Morgan fingerprint density at radius 3 is 2.72 bits per heavy atom. The molecule has 0 bridgehead atoms. The zero-order chi connectivity index (χ0) is 17.8. The molecule has 1 aliphatic heterocycles. The van der Waals surface area contributed by atoms with Crippen molar-refractivity contribution in [1.29, 1.82) is 0 Å². The van der Waals surface area contributed by atoms with Crippen molar-refractivity contribution in [3.63, 3.8) is 0 Å². The minimum atomic E-state index is -1.000. The summed E-state index contributed by atoms with van der Waals surface area (Å²) in [5.41, 5.74) is 0.807. The monoisotopic (exact) mass is 367 g/mol. The van der Waals surface area contributed by atoms with E-state index in [9.17, 15) is 13.6 Å². The molecule has 1 fully saturated rings. The molecule has 1 saturated heterocycles. The zero-order valence-electron chi connectivity index (χ0n) is 13.5. The predicted octanol–water partition coefficient (Wildman–Crippen LogP) is 2.92. The van der Waals surface area contributed by atoms with Gasteiger partial charge in [-0.05, 0) is 25.0 Å². The molecule has 5 nitrogen and oxygen atoms in total. The molecule has 0 spiro atoms. The molecule has 0 aliphatic carbocycles. The summed E-state index contributed by atoms with van der Waals surface area (Å²) in [5.74, 6) is -2.64. The highest BCUT2D eigenvalue weighted by Crippen LogP contribution is 2.22. The highest BCUT2D eigenvalue weighted by molar-refractivity contribution is 7.09. The Kier molecular flexibility index (Phi) is 5.60. The molecule has 8 heteroatoms. The topological polar surface area (TPSA) is 65.5 Å². The van der Waals surface area contributed by atoms with E-state index in [-0.39, 0.29) is 5.69 Å². The van der Waals surface area contributed by atoms with Crippen LogP contribution in [0.25, 0.3) is 0 Å². The van der Waals surface area contributed by atoms with Gasteiger partial charge in [0.1, 0.15) is 0 Å². The fourth-order valence-electron chi connectivity index (χ4n) is 2.93. The van der Waals surface area contributed by atoms with Gasteiger partial charge >= 0.3 is 5.97 Å². The SMILES string of the molecule is O=C(O)c1csc(CCNC2CCN(c3ccc(F)c(F)c3)CC2)n1. The van der Waals surface area contributed by atoms with Crippen LogP contribution in [-0.2, 0) is 6.42 Å². The highest BCUT2D eigenvalue weighted by Gasteiger charge is 2.20. The van der Waals surface area contributed by atoms with Crippen molar-refractivity contribution in [1.82, 2.24) is 10.3 Å². The van der Waals surface area contributed by atoms with Crippen LogP contribution in [0.1, 0.15) is 28.3 Å².